The van der Waals surface area contributed by atoms with Gasteiger partial charge in [-0.25, -0.2) is 14.6 Å². The van der Waals surface area contributed by atoms with Gasteiger partial charge in [0.05, 0.1) is 24.3 Å². The Morgan fingerprint density at radius 2 is 2.39 bits per heavy atom. The van der Waals surface area contributed by atoms with Crippen molar-refractivity contribution in [3.63, 3.8) is 0 Å². The molecule has 0 bridgehead atoms. The van der Waals surface area contributed by atoms with E-state index in [-0.39, 0.29) is 18.9 Å². The molecule has 7 heteroatoms. The molecule has 2 aromatic heterocycles. The second-order valence-electron chi connectivity index (χ2n) is 4.18. The molecule has 0 aliphatic carbocycles. The van der Waals surface area contributed by atoms with Gasteiger partial charge in [-0.05, 0) is 19.1 Å². The van der Waals surface area contributed by atoms with E-state index in [1.54, 1.807) is 29.0 Å². The molecule has 6 nitrogen and oxygen atoms in total. The minimum Gasteiger partial charge on any atom is -0.394 e. The fourth-order valence-corrected chi connectivity index (χ4v) is 2.73. The third-order valence-electron chi connectivity index (χ3n) is 3.11. The van der Waals surface area contributed by atoms with Crippen LogP contribution in [0, 0.1) is 0 Å². The highest BCUT2D eigenvalue weighted by Gasteiger charge is 2.28. The fraction of sp³-hybridized carbons (Fsp3) is 0.545. The Morgan fingerprint density at radius 3 is 3.11 bits per heavy atom. The van der Waals surface area contributed by atoms with Gasteiger partial charge in [0.15, 0.2) is 11.9 Å². The Morgan fingerprint density at radius 1 is 1.50 bits per heavy atom. The highest BCUT2D eigenvalue weighted by molar-refractivity contribution is 7.98. The van der Waals surface area contributed by atoms with Gasteiger partial charge in [0, 0.05) is 0 Å². The number of aromatic nitrogens is 4. The van der Waals surface area contributed by atoms with Crippen molar-refractivity contribution in [3.8, 4) is 0 Å². The molecule has 0 aromatic carbocycles. The molecule has 0 spiro atoms. The molecule has 1 fully saturated rings. The molecule has 2 atom stereocenters. The monoisotopic (exact) mass is 266 g/mol. The first-order valence-electron chi connectivity index (χ1n) is 5.82. The Hall–Kier alpha value is -1.18. The van der Waals surface area contributed by atoms with E-state index in [1.165, 1.54) is 0 Å². The number of aliphatic hydroxyl groups excluding tert-OH is 1. The fourth-order valence-electron chi connectivity index (χ4n) is 2.22. The summed E-state index contributed by atoms with van der Waals surface area (Å²) in [5.41, 5.74) is 0.790. The Bertz CT molecular complexity index is 559. The molecule has 96 valence electrons. The van der Waals surface area contributed by atoms with Gasteiger partial charge < -0.3 is 9.84 Å². The zero-order valence-electron chi connectivity index (χ0n) is 9.98. The minimum atomic E-state index is -0.135. The Labute approximate surface area is 108 Å². The molecule has 3 rings (SSSR count). The SMILES string of the molecule is CSc1ncnc2c1cnn2C1CCC(CO)O1. The van der Waals surface area contributed by atoms with Crippen LogP contribution < -0.4 is 0 Å². The molecule has 1 N–H and O–H groups in total. The summed E-state index contributed by atoms with van der Waals surface area (Å²) in [6.07, 6.45) is 6.78. The van der Waals surface area contributed by atoms with Gasteiger partial charge in [-0.3, -0.25) is 0 Å². The molecule has 0 radical (unpaired) electrons. The average Bonchev–Trinajstić information content (AvgIpc) is 3.03. The summed E-state index contributed by atoms with van der Waals surface area (Å²) >= 11 is 1.57. The van der Waals surface area contributed by atoms with E-state index in [1.807, 2.05) is 6.26 Å². The summed E-state index contributed by atoms with van der Waals surface area (Å²) in [5.74, 6) is 0. The number of rotatable bonds is 3. The van der Waals surface area contributed by atoms with Crippen molar-refractivity contribution < 1.29 is 9.84 Å². The number of fused-ring (bicyclic) bond motifs is 1. The molecule has 1 saturated heterocycles. The van der Waals surface area contributed by atoms with Gasteiger partial charge in [0.25, 0.3) is 0 Å². The van der Waals surface area contributed by atoms with Crippen LogP contribution in [0.2, 0.25) is 0 Å². The summed E-state index contributed by atoms with van der Waals surface area (Å²) in [4.78, 5) is 8.49. The summed E-state index contributed by atoms with van der Waals surface area (Å²) in [5, 5.41) is 15.3. The lowest BCUT2D eigenvalue weighted by Gasteiger charge is -2.12. The van der Waals surface area contributed by atoms with Crippen LogP contribution in [0.5, 0.6) is 0 Å². The van der Waals surface area contributed by atoms with E-state index < -0.39 is 0 Å². The lowest BCUT2D eigenvalue weighted by molar-refractivity contribution is -0.0262. The van der Waals surface area contributed by atoms with E-state index in [2.05, 4.69) is 15.1 Å². The topological polar surface area (TPSA) is 73.1 Å². The van der Waals surface area contributed by atoms with Gasteiger partial charge in [-0.2, -0.15) is 5.10 Å². The number of ether oxygens (including phenoxy) is 1. The molecule has 3 heterocycles. The maximum Gasteiger partial charge on any atom is 0.164 e. The van der Waals surface area contributed by atoms with Crippen molar-refractivity contribution in [2.75, 3.05) is 12.9 Å². The first kappa shape index (κ1) is 11.9. The smallest absolute Gasteiger partial charge is 0.164 e. The van der Waals surface area contributed by atoms with Gasteiger partial charge >= 0.3 is 0 Å². The lowest BCUT2D eigenvalue weighted by Crippen LogP contribution is -2.15. The van der Waals surface area contributed by atoms with Gasteiger partial charge in [-0.15, -0.1) is 11.8 Å². The molecule has 0 amide bonds. The molecule has 2 unspecified atom stereocenters. The largest absolute Gasteiger partial charge is 0.394 e. The normalized spacial score (nSPS) is 23.9. The summed E-state index contributed by atoms with van der Waals surface area (Å²) in [6.45, 7) is 0.0563. The van der Waals surface area contributed by atoms with Crippen molar-refractivity contribution >= 4 is 22.8 Å². The van der Waals surface area contributed by atoms with Gasteiger partial charge in [-0.1, -0.05) is 0 Å². The minimum absolute atomic E-state index is 0.0563. The van der Waals surface area contributed by atoms with Crippen LogP contribution in [0.4, 0.5) is 0 Å². The maximum atomic E-state index is 9.09. The molecule has 0 saturated carbocycles. The quantitative estimate of drug-likeness (QED) is 0.665. The predicted molar refractivity (Wildman–Crippen MR) is 67.3 cm³/mol. The Kier molecular flexibility index (Phi) is 3.19. The maximum absolute atomic E-state index is 9.09. The second-order valence-corrected chi connectivity index (χ2v) is 4.98. The highest BCUT2D eigenvalue weighted by Crippen LogP contribution is 2.31. The zero-order valence-corrected chi connectivity index (χ0v) is 10.8. The van der Waals surface area contributed by atoms with Crippen LogP contribution in [0.25, 0.3) is 11.0 Å². The van der Waals surface area contributed by atoms with Crippen molar-refractivity contribution in [1.82, 2.24) is 19.7 Å². The first-order chi connectivity index (χ1) is 8.83. The summed E-state index contributed by atoms with van der Waals surface area (Å²) in [6, 6.07) is 0. The number of hydrogen-bond acceptors (Lipinski definition) is 6. The third kappa shape index (κ3) is 1.88. The molecule has 2 aromatic rings. The third-order valence-corrected chi connectivity index (χ3v) is 3.82. The van der Waals surface area contributed by atoms with E-state index >= 15 is 0 Å². The van der Waals surface area contributed by atoms with Crippen LogP contribution in [-0.2, 0) is 4.74 Å². The zero-order chi connectivity index (χ0) is 12.5. The van der Waals surface area contributed by atoms with Crippen LogP contribution in [0.1, 0.15) is 19.1 Å². The summed E-state index contributed by atoms with van der Waals surface area (Å²) < 4.78 is 7.50. The number of thioether (sulfide) groups is 1. The van der Waals surface area contributed by atoms with Crippen molar-refractivity contribution in [2.45, 2.75) is 30.2 Å². The predicted octanol–water partition coefficient (Wildman–Crippen LogP) is 1.22. The van der Waals surface area contributed by atoms with Crippen LogP contribution >= 0.6 is 11.8 Å². The van der Waals surface area contributed by atoms with Crippen molar-refractivity contribution in [3.05, 3.63) is 12.5 Å². The van der Waals surface area contributed by atoms with Crippen molar-refractivity contribution in [1.29, 1.82) is 0 Å². The van der Waals surface area contributed by atoms with Crippen LogP contribution in [-0.4, -0.2) is 43.8 Å². The van der Waals surface area contributed by atoms with Crippen LogP contribution in [0.3, 0.4) is 0 Å². The molecule has 1 aliphatic rings. The van der Waals surface area contributed by atoms with Crippen molar-refractivity contribution in [2.24, 2.45) is 0 Å². The molecular formula is C11H14N4O2S. The number of aliphatic hydroxyl groups is 1. The van der Waals surface area contributed by atoms with Gasteiger partial charge in [0.1, 0.15) is 11.4 Å². The standard InChI is InChI=1S/C11H14N4O2S/c1-18-11-8-4-14-15(10(8)12-6-13-11)9-3-2-7(5-16)17-9/h4,6-7,9,16H,2-3,5H2,1H3. The highest BCUT2D eigenvalue weighted by atomic mass is 32.2. The first-order valence-corrected chi connectivity index (χ1v) is 7.04. The molecule has 1 aliphatic heterocycles. The average molecular weight is 266 g/mol. The van der Waals surface area contributed by atoms with E-state index in [0.717, 1.165) is 28.9 Å². The van der Waals surface area contributed by atoms with E-state index in [4.69, 9.17) is 9.84 Å². The molecule has 18 heavy (non-hydrogen) atoms. The van der Waals surface area contributed by atoms with Crippen LogP contribution in [0.15, 0.2) is 17.6 Å². The number of nitrogens with zero attached hydrogens (tertiary/aromatic N) is 4. The van der Waals surface area contributed by atoms with Gasteiger partial charge in [0.2, 0.25) is 0 Å². The molecular weight excluding hydrogens is 252 g/mol. The second kappa shape index (κ2) is 4.83. The lowest BCUT2D eigenvalue weighted by atomic mass is 10.2. The Balaban J connectivity index is 1.98. The summed E-state index contributed by atoms with van der Waals surface area (Å²) in [7, 11) is 0. The number of hydrogen-bond donors (Lipinski definition) is 1. The van der Waals surface area contributed by atoms with E-state index in [9.17, 15) is 0 Å². The van der Waals surface area contributed by atoms with E-state index in [0.29, 0.717) is 0 Å².